The highest BCUT2D eigenvalue weighted by molar-refractivity contribution is 6.03. The molecule has 0 amide bonds. The van der Waals surface area contributed by atoms with Crippen LogP contribution < -0.4 is 0 Å². The van der Waals surface area contributed by atoms with Crippen molar-refractivity contribution in [3.05, 3.63) is 0 Å². The average Bonchev–Trinajstić information content (AvgIpc) is 2.41. The molecule has 0 bridgehead atoms. The maximum Gasteiger partial charge on any atom is 0.319 e. The molecule has 0 radical (unpaired) electrons. The van der Waals surface area contributed by atoms with Gasteiger partial charge in [-0.25, -0.2) is 0 Å². The summed E-state index contributed by atoms with van der Waals surface area (Å²) in [6, 6.07) is 2.04. The monoisotopic (exact) mass is 284 g/mol. The van der Waals surface area contributed by atoms with E-state index in [1.807, 2.05) is 11.0 Å². The molecule has 6 heteroatoms. The van der Waals surface area contributed by atoms with Crippen molar-refractivity contribution in [1.82, 2.24) is 4.90 Å². The van der Waals surface area contributed by atoms with Crippen LogP contribution in [-0.2, 0) is 19.1 Å². The Labute approximate surface area is 120 Å². The number of rotatable bonds is 10. The molecule has 0 spiro atoms. The summed E-state index contributed by atoms with van der Waals surface area (Å²) in [6.07, 6.45) is 0.330. The van der Waals surface area contributed by atoms with Gasteiger partial charge in [0.05, 0.1) is 25.8 Å². The quantitative estimate of drug-likeness (QED) is 0.440. The average molecular weight is 284 g/mol. The van der Waals surface area contributed by atoms with E-state index in [0.717, 1.165) is 0 Å². The third-order valence-corrected chi connectivity index (χ3v) is 3.00. The maximum absolute atomic E-state index is 12.3. The van der Waals surface area contributed by atoms with E-state index in [1.165, 1.54) is 0 Å². The number of carbonyl (C=O) groups excluding carboxylic acids is 2. The van der Waals surface area contributed by atoms with Gasteiger partial charge in [0.1, 0.15) is 5.41 Å². The van der Waals surface area contributed by atoms with Crippen LogP contribution >= 0.6 is 0 Å². The van der Waals surface area contributed by atoms with E-state index in [1.54, 1.807) is 27.9 Å². The number of carbonyl (C=O) groups is 2. The van der Waals surface area contributed by atoms with Crippen molar-refractivity contribution in [3.63, 3.8) is 0 Å². The highest BCUT2D eigenvalue weighted by Crippen LogP contribution is 2.19. The van der Waals surface area contributed by atoms with Crippen LogP contribution in [-0.4, -0.2) is 56.6 Å². The maximum atomic E-state index is 12.3. The number of nitriles is 1. The van der Waals surface area contributed by atoms with E-state index in [0.29, 0.717) is 26.1 Å². The van der Waals surface area contributed by atoms with Gasteiger partial charge in [-0.1, -0.05) is 0 Å². The smallest absolute Gasteiger partial charge is 0.319 e. The predicted octanol–water partition coefficient (Wildman–Crippen LogP) is 1.01. The number of esters is 1. The Morgan fingerprint density at radius 3 is 2.45 bits per heavy atom. The Morgan fingerprint density at radius 2 is 1.95 bits per heavy atom. The molecular weight excluding hydrogens is 260 g/mol. The summed E-state index contributed by atoms with van der Waals surface area (Å²) in [6.45, 7) is 6.68. The second-order valence-electron chi connectivity index (χ2n) is 4.95. The molecule has 0 aliphatic heterocycles. The van der Waals surface area contributed by atoms with Crippen LogP contribution in [0.1, 0.15) is 27.2 Å². The lowest BCUT2D eigenvalue weighted by Crippen LogP contribution is -2.43. The van der Waals surface area contributed by atoms with Gasteiger partial charge in [0, 0.05) is 26.6 Å². The molecule has 0 heterocycles. The van der Waals surface area contributed by atoms with E-state index in [-0.39, 0.29) is 18.9 Å². The summed E-state index contributed by atoms with van der Waals surface area (Å²) in [4.78, 5) is 25.8. The van der Waals surface area contributed by atoms with Gasteiger partial charge >= 0.3 is 5.97 Å². The molecule has 0 saturated carbocycles. The van der Waals surface area contributed by atoms with Gasteiger partial charge in [-0.05, 0) is 20.8 Å². The van der Waals surface area contributed by atoms with Crippen LogP contribution in [0.4, 0.5) is 0 Å². The van der Waals surface area contributed by atoms with Crippen LogP contribution in [0.3, 0.4) is 0 Å². The fraction of sp³-hybridized carbons (Fsp3) is 0.786. The summed E-state index contributed by atoms with van der Waals surface area (Å²) < 4.78 is 9.89. The number of ether oxygens (including phenoxy) is 2. The molecule has 0 aromatic heterocycles. The fourth-order valence-corrected chi connectivity index (χ4v) is 1.52. The topological polar surface area (TPSA) is 79.6 Å². The van der Waals surface area contributed by atoms with Gasteiger partial charge in [0.25, 0.3) is 0 Å². The fourth-order valence-electron chi connectivity index (χ4n) is 1.52. The molecule has 0 aliphatic carbocycles. The van der Waals surface area contributed by atoms with Crippen LogP contribution in [0.2, 0.25) is 0 Å². The molecular formula is C14H24N2O4. The van der Waals surface area contributed by atoms with Crippen molar-refractivity contribution in [1.29, 1.82) is 5.26 Å². The molecule has 0 N–H and O–H groups in total. The van der Waals surface area contributed by atoms with Crippen molar-refractivity contribution in [2.75, 3.05) is 40.0 Å². The molecule has 0 aliphatic rings. The zero-order valence-electron chi connectivity index (χ0n) is 12.8. The Bertz CT molecular complexity index is 361. The summed E-state index contributed by atoms with van der Waals surface area (Å²) in [5, 5.41) is 8.63. The Hall–Kier alpha value is -1.45. The highest BCUT2D eigenvalue weighted by atomic mass is 16.5. The highest BCUT2D eigenvalue weighted by Gasteiger charge is 2.37. The van der Waals surface area contributed by atoms with Crippen molar-refractivity contribution >= 4 is 11.8 Å². The molecule has 0 aromatic rings. The van der Waals surface area contributed by atoms with E-state index < -0.39 is 11.4 Å². The zero-order valence-corrected chi connectivity index (χ0v) is 12.8. The first kappa shape index (κ1) is 18.6. The summed E-state index contributed by atoms with van der Waals surface area (Å²) >= 11 is 0. The summed E-state index contributed by atoms with van der Waals surface area (Å²) in [7, 11) is 1.58. The number of hydrogen-bond acceptors (Lipinski definition) is 6. The van der Waals surface area contributed by atoms with E-state index in [9.17, 15) is 9.59 Å². The standard InChI is InChI=1S/C14H24N2O4/c1-5-20-13(18)14(2,3)12(17)11-16(8-6-7-15)9-10-19-4/h5-6,8-11H2,1-4H3. The van der Waals surface area contributed by atoms with Crippen molar-refractivity contribution in [2.45, 2.75) is 27.2 Å². The molecule has 0 fully saturated rings. The number of ketones is 1. The Balaban J connectivity index is 4.63. The SMILES string of the molecule is CCOC(=O)C(C)(C)C(=O)CN(CCC#N)CCOC. The number of Topliss-reactive ketones (excluding diaryl/α,β-unsaturated/α-hetero) is 1. The van der Waals surface area contributed by atoms with Crippen LogP contribution in [0.25, 0.3) is 0 Å². The Kier molecular flexibility index (Phi) is 8.77. The molecule has 0 aromatic carbocycles. The number of methoxy groups -OCH3 is 1. The van der Waals surface area contributed by atoms with Gasteiger partial charge in [-0.3, -0.25) is 14.5 Å². The number of hydrogen-bond donors (Lipinski definition) is 0. The van der Waals surface area contributed by atoms with Gasteiger partial charge in [-0.2, -0.15) is 5.26 Å². The third-order valence-electron chi connectivity index (χ3n) is 3.00. The molecule has 114 valence electrons. The first-order valence-corrected chi connectivity index (χ1v) is 6.68. The summed E-state index contributed by atoms with van der Waals surface area (Å²) in [5.41, 5.74) is -1.17. The van der Waals surface area contributed by atoms with Crippen LogP contribution in [0.5, 0.6) is 0 Å². The molecule has 6 nitrogen and oxygen atoms in total. The summed E-state index contributed by atoms with van der Waals surface area (Å²) in [5.74, 6) is -0.734. The van der Waals surface area contributed by atoms with Gasteiger partial charge in [-0.15, -0.1) is 0 Å². The molecule has 0 rings (SSSR count). The van der Waals surface area contributed by atoms with E-state index in [2.05, 4.69) is 0 Å². The lowest BCUT2D eigenvalue weighted by molar-refractivity contribution is -0.158. The normalized spacial score (nSPS) is 11.2. The molecule has 20 heavy (non-hydrogen) atoms. The number of nitrogens with zero attached hydrogens (tertiary/aromatic N) is 2. The minimum Gasteiger partial charge on any atom is -0.465 e. The lowest BCUT2D eigenvalue weighted by Gasteiger charge is -2.26. The Morgan fingerprint density at radius 1 is 1.30 bits per heavy atom. The van der Waals surface area contributed by atoms with E-state index >= 15 is 0 Å². The van der Waals surface area contributed by atoms with Crippen molar-refractivity contribution in [3.8, 4) is 6.07 Å². The largest absolute Gasteiger partial charge is 0.465 e. The van der Waals surface area contributed by atoms with E-state index in [4.69, 9.17) is 14.7 Å². The van der Waals surface area contributed by atoms with Gasteiger partial charge < -0.3 is 9.47 Å². The lowest BCUT2D eigenvalue weighted by atomic mass is 9.88. The van der Waals surface area contributed by atoms with Crippen molar-refractivity contribution in [2.24, 2.45) is 5.41 Å². The predicted molar refractivity (Wildman–Crippen MR) is 74.0 cm³/mol. The third kappa shape index (κ3) is 6.13. The second kappa shape index (κ2) is 9.45. The van der Waals surface area contributed by atoms with Crippen molar-refractivity contribution < 1.29 is 19.1 Å². The minimum absolute atomic E-state index is 0.108. The van der Waals surface area contributed by atoms with Gasteiger partial charge in [0.2, 0.25) is 0 Å². The van der Waals surface area contributed by atoms with Crippen LogP contribution in [0, 0.1) is 16.7 Å². The first-order chi connectivity index (χ1) is 9.39. The minimum atomic E-state index is -1.17. The second-order valence-corrected chi connectivity index (χ2v) is 4.95. The van der Waals surface area contributed by atoms with Gasteiger partial charge in [0.15, 0.2) is 5.78 Å². The molecule has 0 unspecified atom stereocenters. The molecule has 0 atom stereocenters. The zero-order chi connectivity index (χ0) is 15.6. The molecule has 0 saturated heterocycles. The first-order valence-electron chi connectivity index (χ1n) is 6.68. The van der Waals surface area contributed by atoms with Crippen LogP contribution in [0.15, 0.2) is 0 Å².